The number of allylic oxidation sites excluding steroid dienone is 3. The van der Waals surface area contributed by atoms with Gasteiger partial charge in [0.15, 0.2) is 0 Å². The third kappa shape index (κ3) is 1.66. The third-order valence-electron chi connectivity index (χ3n) is 4.54. The summed E-state index contributed by atoms with van der Waals surface area (Å²) in [6, 6.07) is 4.39. The molecule has 0 saturated heterocycles. The molecule has 0 amide bonds. The summed E-state index contributed by atoms with van der Waals surface area (Å²) in [5, 5.41) is 1.20. The van der Waals surface area contributed by atoms with Crippen molar-refractivity contribution in [1.29, 1.82) is 0 Å². The normalized spacial score (nSPS) is 13.4. The molecule has 1 aromatic carbocycles. The summed E-state index contributed by atoms with van der Waals surface area (Å²) in [6.45, 7) is 10.1. The first-order valence-corrected chi connectivity index (χ1v) is 7.26. The highest BCUT2D eigenvalue weighted by atomic mass is 14.9. The van der Waals surface area contributed by atoms with Gasteiger partial charge in [-0.2, -0.15) is 0 Å². The van der Waals surface area contributed by atoms with Crippen LogP contribution < -0.4 is 0 Å². The lowest BCUT2D eigenvalue weighted by atomic mass is 9.98. The number of benzene rings is 1. The van der Waals surface area contributed by atoms with Crippen molar-refractivity contribution in [3.8, 4) is 12.3 Å². The van der Waals surface area contributed by atoms with Crippen LogP contribution in [0.5, 0.6) is 0 Å². The second-order valence-electron chi connectivity index (χ2n) is 5.39. The first kappa shape index (κ1) is 13.5. The van der Waals surface area contributed by atoms with Gasteiger partial charge in [-0.1, -0.05) is 38.1 Å². The van der Waals surface area contributed by atoms with Crippen LogP contribution in [0.25, 0.3) is 22.6 Å². The minimum absolute atomic E-state index is 0.925. The fourth-order valence-electron chi connectivity index (χ4n) is 3.55. The van der Waals surface area contributed by atoms with Crippen LogP contribution in [0, 0.1) is 12.3 Å². The Balaban J connectivity index is 2.42. The lowest BCUT2D eigenvalue weighted by Gasteiger charge is -2.06. The van der Waals surface area contributed by atoms with Gasteiger partial charge in [0.2, 0.25) is 0 Å². The van der Waals surface area contributed by atoms with Crippen molar-refractivity contribution < 1.29 is 0 Å². The van der Waals surface area contributed by atoms with Crippen LogP contribution in [0.4, 0.5) is 0 Å². The molecule has 0 unspecified atom stereocenters. The van der Waals surface area contributed by atoms with E-state index in [-0.39, 0.29) is 0 Å². The van der Waals surface area contributed by atoms with Crippen molar-refractivity contribution in [3.05, 3.63) is 59.3 Å². The van der Waals surface area contributed by atoms with E-state index >= 15 is 0 Å². The SMILES string of the molecule is C#Cc1c(C=C)n(C)c2ccc3c(c12)CC(C=C)=C3CC. The highest BCUT2D eigenvalue weighted by Crippen LogP contribution is 2.41. The standard InChI is InChI=1S/C20H19N/c1-6-13-12-17-16(14(13)7-2)10-11-19-20(17)15(8-3)18(9-4)21(19)5/h3,6,9-11H,1,4,7,12H2,2,5H3. The molecule has 0 spiro atoms. The molecule has 2 aromatic rings. The fraction of sp³-hybridized carbons (Fsp3) is 0.200. The maximum atomic E-state index is 5.79. The first-order valence-electron chi connectivity index (χ1n) is 7.26. The lowest BCUT2D eigenvalue weighted by Crippen LogP contribution is -1.91. The predicted molar refractivity (Wildman–Crippen MR) is 92.1 cm³/mol. The molecular formula is C20H19N. The molecule has 0 saturated carbocycles. The highest BCUT2D eigenvalue weighted by molar-refractivity contribution is 5.99. The van der Waals surface area contributed by atoms with E-state index in [4.69, 9.17) is 6.42 Å². The van der Waals surface area contributed by atoms with Crippen molar-refractivity contribution in [2.75, 3.05) is 0 Å². The summed E-state index contributed by atoms with van der Waals surface area (Å²) < 4.78 is 2.13. The van der Waals surface area contributed by atoms with Crippen molar-refractivity contribution >= 4 is 22.6 Å². The molecule has 1 nitrogen and oxygen atoms in total. The molecule has 104 valence electrons. The van der Waals surface area contributed by atoms with Gasteiger partial charge in [0.1, 0.15) is 0 Å². The molecule has 0 N–H and O–H groups in total. The van der Waals surface area contributed by atoms with Crippen molar-refractivity contribution in [3.63, 3.8) is 0 Å². The van der Waals surface area contributed by atoms with Crippen LogP contribution in [0.3, 0.4) is 0 Å². The highest BCUT2D eigenvalue weighted by Gasteiger charge is 2.24. The van der Waals surface area contributed by atoms with Crippen LogP contribution in [0.2, 0.25) is 0 Å². The molecule has 0 radical (unpaired) electrons. The number of nitrogens with zero attached hydrogens (tertiary/aromatic N) is 1. The van der Waals surface area contributed by atoms with E-state index in [2.05, 4.69) is 42.7 Å². The third-order valence-corrected chi connectivity index (χ3v) is 4.54. The Bertz CT molecular complexity index is 850. The van der Waals surface area contributed by atoms with E-state index in [1.807, 2.05) is 19.2 Å². The molecule has 0 fully saturated rings. The smallest absolute Gasteiger partial charge is 0.0575 e. The summed E-state index contributed by atoms with van der Waals surface area (Å²) >= 11 is 0. The van der Waals surface area contributed by atoms with Gasteiger partial charge < -0.3 is 4.57 Å². The van der Waals surface area contributed by atoms with Crippen LogP contribution in [-0.2, 0) is 13.5 Å². The van der Waals surface area contributed by atoms with E-state index in [0.29, 0.717) is 0 Å². The van der Waals surface area contributed by atoms with Gasteiger partial charge in [-0.3, -0.25) is 0 Å². The van der Waals surface area contributed by atoms with E-state index in [0.717, 1.165) is 24.1 Å². The maximum Gasteiger partial charge on any atom is 0.0575 e. The monoisotopic (exact) mass is 273 g/mol. The average Bonchev–Trinajstić information content (AvgIpc) is 3.01. The lowest BCUT2D eigenvalue weighted by molar-refractivity contribution is 0.953. The summed E-state index contributed by atoms with van der Waals surface area (Å²) in [5.74, 6) is 2.87. The van der Waals surface area contributed by atoms with E-state index < -0.39 is 0 Å². The molecule has 1 aromatic heterocycles. The Labute approximate surface area is 126 Å². The molecule has 0 bridgehead atoms. The maximum absolute atomic E-state index is 5.79. The second-order valence-corrected chi connectivity index (χ2v) is 5.39. The van der Waals surface area contributed by atoms with Crippen LogP contribution in [-0.4, -0.2) is 4.57 Å². The average molecular weight is 273 g/mol. The van der Waals surface area contributed by atoms with Gasteiger partial charge in [0.05, 0.1) is 11.3 Å². The summed E-state index contributed by atoms with van der Waals surface area (Å²) in [6.07, 6.45) is 11.6. The van der Waals surface area contributed by atoms with Gasteiger partial charge >= 0.3 is 0 Å². The minimum atomic E-state index is 0.925. The Morgan fingerprint density at radius 2 is 2.10 bits per heavy atom. The van der Waals surface area contributed by atoms with Crippen LogP contribution in [0.1, 0.15) is 35.7 Å². The topological polar surface area (TPSA) is 4.93 Å². The predicted octanol–water partition coefficient (Wildman–Crippen LogP) is 4.71. The van der Waals surface area contributed by atoms with Crippen LogP contribution >= 0.6 is 0 Å². The number of aromatic nitrogens is 1. The zero-order valence-electron chi connectivity index (χ0n) is 12.7. The number of hydrogen-bond donors (Lipinski definition) is 0. The number of fused-ring (bicyclic) bond motifs is 3. The van der Waals surface area contributed by atoms with Gasteiger partial charge in [0, 0.05) is 18.0 Å². The molecule has 3 rings (SSSR count). The fourth-order valence-corrected chi connectivity index (χ4v) is 3.55. The molecular weight excluding hydrogens is 254 g/mol. The van der Waals surface area contributed by atoms with Gasteiger partial charge in [-0.25, -0.2) is 0 Å². The van der Waals surface area contributed by atoms with Crippen molar-refractivity contribution in [1.82, 2.24) is 4.57 Å². The van der Waals surface area contributed by atoms with Crippen LogP contribution in [0.15, 0.2) is 36.9 Å². The minimum Gasteiger partial charge on any atom is -0.343 e. The molecule has 1 aliphatic rings. The molecule has 1 heteroatoms. The zero-order chi connectivity index (χ0) is 15.1. The Morgan fingerprint density at radius 1 is 1.33 bits per heavy atom. The van der Waals surface area contributed by atoms with Crippen molar-refractivity contribution in [2.24, 2.45) is 7.05 Å². The largest absolute Gasteiger partial charge is 0.343 e. The van der Waals surface area contributed by atoms with Gasteiger partial charge in [0.25, 0.3) is 0 Å². The number of hydrogen-bond acceptors (Lipinski definition) is 0. The number of rotatable bonds is 3. The van der Waals surface area contributed by atoms with E-state index in [1.54, 1.807) is 0 Å². The second kappa shape index (κ2) is 4.82. The Morgan fingerprint density at radius 3 is 2.67 bits per heavy atom. The number of aryl methyl sites for hydroxylation is 1. The summed E-state index contributed by atoms with van der Waals surface area (Å²) in [5.41, 5.74) is 8.55. The Kier molecular flexibility index (Phi) is 3.11. The molecule has 0 aliphatic heterocycles. The van der Waals surface area contributed by atoms with Gasteiger partial charge in [-0.15, -0.1) is 6.42 Å². The Hall–Kier alpha value is -2.46. The molecule has 1 heterocycles. The zero-order valence-corrected chi connectivity index (χ0v) is 12.7. The molecule has 1 aliphatic carbocycles. The van der Waals surface area contributed by atoms with Crippen molar-refractivity contribution in [2.45, 2.75) is 19.8 Å². The molecule has 0 atom stereocenters. The molecule has 21 heavy (non-hydrogen) atoms. The first-order chi connectivity index (χ1) is 10.2. The number of terminal acetylenes is 1. The van der Waals surface area contributed by atoms with Gasteiger partial charge in [-0.05, 0) is 47.3 Å². The summed E-state index contributed by atoms with van der Waals surface area (Å²) in [7, 11) is 2.05. The quantitative estimate of drug-likeness (QED) is 0.714. The van der Waals surface area contributed by atoms with E-state index in [9.17, 15) is 0 Å². The summed E-state index contributed by atoms with van der Waals surface area (Å²) in [4.78, 5) is 0. The van der Waals surface area contributed by atoms with E-state index in [1.165, 1.54) is 33.2 Å².